The molecule has 0 bridgehead atoms. The molecule has 1 aromatic carbocycles. The molecule has 0 atom stereocenters. The zero-order valence-corrected chi connectivity index (χ0v) is 16.1. The molecular weight excluding hydrogens is 416 g/mol. The molecule has 1 amide bonds. The highest BCUT2D eigenvalue weighted by atomic mass is 19.3. The molecule has 0 saturated heterocycles. The molecule has 1 N–H and O–H groups in total. The van der Waals surface area contributed by atoms with Crippen LogP contribution >= 0.6 is 0 Å². The number of fused-ring (bicyclic) bond motifs is 1. The summed E-state index contributed by atoms with van der Waals surface area (Å²) in [5.41, 5.74) is 0.0159. The third-order valence-electron chi connectivity index (χ3n) is 4.46. The predicted molar refractivity (Wildman–Crippen MR) is 103 cm³/mol. The van der Waals surface area contributed by atoms with Gasteiger partial charge < -0.3 is 5.32 Å². The molecule has 0 fully saturated rings. The average Bonchev–Trinajstić information content (AvgIpc) is 3.33. The van der Waals surface area contributed by atoms with E-state index in [9.17, 15) is 22.4 Å². The Morgan fingerprint density at radius 1 is 1.06 bits per heavy atom. The van der Waals surface area contributed by atoms with Crippen LogP contribution in [0.1, 0.15) is 45.9 Å². The van der Waals surface area contributed by atoms with E-state index in [4.69, 9.17) is 0 Å². The first-order chi connectivity index (χ1) is 14.8. The second kappa shape index (κ2) is 8.17. The highest BCUT2D eigenvalue weighted by molar-refractivity contribution is 6.02. The van der Waals surface area contributed by atoms with Crippen LogP contribution in [0.2, 0.25) is 0 Å². The van der Waals surface area contributed by atoms with Gasteiger partial charge >= 0.3 is 0 Å². The van der Waals surface area contributed by atoms with Crippen LogP contribution in [0, 0.1) is 6.92 Å². The summed E-state index contributed by atoms with van der Waals surface area (Å²) in [4.78, 5) is 16.1. The van der Waals surface area contributed by atoms with E-state index in [2.05, 4.69) is 20.5 Å². The molecule has 3 aromatic heterocycles. The first-order valence-corrected chi connectivity index (χ1v) is 9.17. The van der Waals surface area contributed by atoms with Crippen molar-refractivity contribution in [3.8, 4) is 0 Å². The summed E-state index contributed by atoms with van der Waals surface area (Å²) in [7, 11) is 0. The quantitative estimate of drug-likeness (QED) is 0.458. The number of carbonyl (C=O) groups excluding carboxylic acids is 1. The van der Waals surface area contributed by atoms with Crippen LogP contribution in [-0.2, 0) is 6.54 Å². The maximum atomic E-state index is 13.3. The van der Waals surface area contributed by atoms with Crippen molar-refractivity contribution >= 4 is 17.4 Å². The van der Waals surface area contributed by atoms with Gasteiger partial charge in [-0.3, -0.25) is 9.48 Å². The van der Waals surface area contributed by atoms with Gasteiger partial charge in [0.1, 0.15) is 11.4 Å². The fourth-order valence-corrected chi connectivity index (χ4v) is 3.09. The van der Waals surface area contributed by atoms with E-state index >= 15 is 0 Å². The number of hydrogen-bond donors (Lipinski definition) is 1. The minimum Gasteiger partial charge on any atom is -0.304 e. The number of amides is 1. The van der Waals surface area contributed by atoms with Gasteiger partial charge in [0.15, 0.2) is 17.2 Å². The van der Waals surface area contributed by atoms with Crippen molar-refractivity contribution in [1.29, 1.82) is 0 Å². The molecule has 0 saturated carbocycles. The molecule has 3 heterocycles. The number of nitrogens with one attached hydrogen (secondary N) is 1. The lowest BCUT2D eigenvalue weighted by Crippen LogP contribution is -2.14. The summed E-state index contributed by atoms with van der Waals surface area (Å²) in [6, 6.07) is 11.1. The maximum Gasteiger partial charge on any atom is 0.280 e. The summed E-state index contributed by atoms with van der Waals surface area (Å²) in [6.45, 7) is 2.47. The topological polar surface area (TPSA) is 77.1 Å². The summed E-state index contributed by atoms with van der Waals surface area (Å²) in [5.74, 6) is -0.505. The molecule has 4 rings (SSSR count). The highest BCUT2D eigenvalue weighted by Crippen LogP contribution is 2.25. The predicted octanol–water partition coefficient (Wildman–Crippen LogP) is 4.41. The SMILES string of the molecule is Cc1cccc(Cn2ccc(NC(=O)c3cc4nc(C(F)F)cc(C(F)F)n4n3)n2)c1. The lowest BCUT2D eigenvalue weighted by molar-refractivity contribution is 0.102. The molecule has 11 heteroatoms. The molecule has 0 aliphatic carbocycles. The van der Waals surface area contributed by atoms with Gasteiger partial charge in [-0.25, -0.2) is 27.1 Å². The number of aromatic nitrogens is 5. The average molecular weight is 432 g/mol. The van der Waals surface area contributed by atoms with Crippen molar-refractivity contribution in [2.45, 2.75) is 26.3 Å². The smallest absolute Gasteiger partial charge is 0.280 e. The van der Waals surface area contributed by atoms with Crippen LogP contribution in [0.15, 0.2) is 48.7 Å². The first kappa shape index (κ1) is 20.5. The third kappa shape index (κ3) is 4.39. The summed E-state index contributed by atoms with van der Waals surface area (Å²) >= 11 is 0. The second-order valence-corrected chi connectivity index (χ2v) is 6.85. The van der Waals surface area contributed by atoms with Crippen molar-refractivity contribution < 1.29 is 22.4 Å². The molecule has 0 radical (unpaired) electrons. The highest BCUT2D eigenvalue weighted by Gasteiger charge is 2.22. The summed E-state index contributed by atoms with van der Waals surface area (Å²) < 4.78 is 54.7. The Balaban J connectivity index is 1.55. The summed E-state index contributed by atoms with van der Waals surface area (Å²) in [6.07, 6.45) is -4.43. The molecule has 0 aliphatic rings. The summed E-state index contributed by atoms with van der Waals surface area (Å²) in [5, 5.41) is 10.6. The van der Waals surface area contributed by atoms with E-state index in [1.807, 2.05) is 31.2 Å². The minimum atomic E-state index is -3.07. The normalized spacial score (nSPS) is 11.6. The van der Waals surface area contributed by atoms with Crippen molar-refractivity contribution in [3.05, 3.63) is 76.9 Å². The van der Waals surface area contributed by atoms with E-state index < -0.39 is 30.1 Å². The third-order valence-corrected chi connectivity index (χ3v) is 4.46. The maximum absolute atomic E-state index is 13.3. The van der Waals surface area contributed by atoms with Crippen LogP contribution in [-0.4, -0.2) is 30.3 Å². The van der Waals surface area contributed by atoms with Crippen LogP contribution in [0.4, 0.5) is 23.4 Å². The lowest BCUT2D eigenvalue weighted by Gasteiger charge is -2.06. The van der Waals surface area contributed by atoms with Gasteiger partial charge in [-0.15, -0.1) is 0 Å². The van der Waals surface area contributed by atoms with Crippen molar-refractivity contribution in [1.82, 2.24) is 24.4 Å². The number of nitrogens with zero attached hydrogens (tertiary/aromatic N) is 5. The van der Waals surface area contributed by atoms with Crippen molar-refractivity contribution in [3.63, 3.8) is 0 Å². The van der Waals surface area contributed by atoms with Gasteiger partial charge in [-0.2, -0.15) is 10.2 Å². The molecule has 0 aliphatic heterocycles. The van der Waals surface area contributed by atoms with Crippen LogP contribution in [0.25, 0.3) is 5.65 Å². The van der Waals surface area contributed by atoms with Crippen LogP contribution < -0.4 is 5.32 Å². The molecular formula is C20H16F4N6O. The number of hydrogen-bond acceptors (Lipinski definition) is 4. The van der Waals surface area contributed by atoms with Gasteiger partial charge in [-0.1, -0.05) is 29.8 Å². The molecule has 4 aromatic rings. The minimum absolute atomic E-state index is 0.227. The van der Waals surface area contributed by atoms with Crippen LogP contribution in [0.3, 0.4) is 0 Å². The van der Waals surface area contributed by atoms with E-state index in [0.717, 1.165) is 17.2 Å². The second-order valence-electron chi connectivity index (χ2n) is 6.85. The Morgan fingerprint density at radius 2 is 1.87 bits per heavy atom. The van der Waals surface area contributed by atoms with Gasteiger partial charge in [0.05, 0.1) is 6.54 Å². The van der Waals surface area contributed by atoms with E-state index in [0.29, 0.717) is 17.1 Å². The standard InChI is InChI=1S/C20H16F4N6O/c1-11-3-2-4-12(7-11)10-29-6-5-16(28-29)26-20(31)14-9-17-25-13(18(21)22)8-15(19(23)24)30(17)27-14/h2-9,18-19H,10H2,1H3,(H,26,28,31). The fourth-order valence-electron chi connectivity index (χ4n) is 3.09. The number of aryl methyl sites for hydroxylation is 1. The number of benzene rings is 1. The largest absolute Gasteiger partial charge is 0.304 e. The molecule has 160 valence electrons. The fraction of sp³-hybridized carbons (Fsp3) is 0.200. The Bertz CT molecular complexity index is 1250. The number of halogens is 4. The molecule has 31 heavy (non-hydrogen) atoms. The Morgan fingerprint density at radius 3 is 2.58 bits per heavy atom. The number of rotatable bonds is 6. The lowest BCUT2D eigenvalue weighted by atomic mass is 10.1. The monoisotopic (exact) mass is 432 g/mol. The van der Waals surface area contributed by atoms with Crippen molar-refractivity contribution in [2.24, 2.45) is 0 Å². The Labute approximate surface area is 173 Å². The van der Waals surface area contributed by atoms with Gasteiger partial charge in [0.25, 0.3) is 18.8 Å². The number of alkyl halides is 4. The van der Waals surface area contributed by atoms with E-state index in [-0.39, 0.29) is 17.2 Å². The molecule has 7 nitrogen and oxygen atoms in total. The Hall–Kier alpha value is -3.76. The van der Waals surface area contributed by atoms with E-state index in [1.54, 1.807) is 16.9 Å². The zero-order chi connectivity index (χ0) is 22.1. The van der Waals surface area contributed by atoms with Gasteiger partial charge in [0.2, 0.25) is 0 Å². The number of carbonyl (C=O) groups is 1. The van der Waals surface area contributed by atoms with Gasteiger partial charge in [-0.05, 0) is 18.6 Å². The first-order valence-electron chi connectivity index (χ1n) is 9.17. The number of anilines is 1. The molecule has 0 unspecified atom stereocenters. The zero-order valence-electron chi connectivity index (χ0n) is 16.1. The Kier molecular flexibility index (Phi) is 5.40. The van der Waals surface area contributed by atoms with E-state index in [1.165, 1.54) is 0 Å². The van der Waals surface area contributed by atoms with Crippen LogP contribution in [0.5, 0.6) is 0 Å². The van der Waals surface area contributed by atoms with Crippen molar-refractivity contribution in [2.75, 3.05) is 5.32 Å². The van der Waals surface area contributed by atoms with Gasteiger partial charge in [0, 0.05) is 18.3 Å². The molecule has 0 spiro atoms.